The Kier molecular flexibility index (Phi) is 13.2. The summed E-state index contributed by atoms with van der Waals surface area (Å²) in [6, 6.07) is 0. The van der Waals surface area contributed by atoms with Crippen molar-refractivity contribution in [3.63, 3.8) is 0 Å². The van der Waals surface area contributed by atoms with Crippen molar-refractivity contribution < 1.29 is 0 Å². The minimum atomic E-state index is 0. The molecule has 0 radical (unpaired) electrons. The van der Waals surface area contributed by atoms with Crippen LogP contribution in [0.25, 0.3) is 0 Å². The lowest BCUT2D eigenvalue weighted by molar-refractivity contribution is 0.437. The van der Waals surface area contributed by atoms with Gasteiger partial charge in [-0.3, -0.25) is 0 Å². The van der Waals surface area contributed by atoms with Crippen LogP contribution in [0.5, 0.6) is 0 Å². The van der Waals surface area contributed by atoms with E-state index < -0.39 is 0 Å². The molecule has 13 heavy (non-hydrogen) atoms. The number of hydrogen-bond acceptors (Lipinski definition) is 4. The lowest BCUT2D eigenvalue weighted by atomic mass is 10.7. The topological polar surface area (TPSA) is 6.48 Å². The first-order valence-electron chi connectivity index (χ1n) is 4.17. The van der Waals surface area contributed by atoms with E-state index in [9.17, 15) is 0 Å². The van der Waals surface area contributed by atoms with Gasteiger partial charge in [-0.25, -0.2) is 0 Å². The minimum Gasteiger partial charge on any atom is -0.309 e. The van der Waals surface area contributed by atoms with Crippen LogP contribution in [0.1, 0.15) is 7.43 Å². The Morgan fingerprint density at radius 3 is 1.31 bits per heavy atom. The zero-order chi connectivity index (χ0) is 9.40. The van der Waals surface area contributed by atoms with Gasteiger partial charge in [-0.05, 0) is 28.2 Å². The van der Waals surface area contributed by atoms with Gasteiger partial charge >= 0.3 is 0 Å². The van der Waals surface area contributed by atoms with E-state index in [1.807, 2.05) is 21.6 Å². The van der Waals surface area contributed by atoms with Gasteiger partial charge in [0.2, 0.25) is 0 Å². The van der Waals surface area contributed by atoms with Crippen molar-refractivity contribution in [2.24, 2.45) is 0 Å². The molecule has 0 aliphatic heterocycles. The Bertz CT molecular complexity index is 85.6. The molecule has 0 aliphatic rings. The van der Waals surface area contributed by atoms with Crippen molar-refractivity contribution in [2.75, 3.05) is 52.8 Å². The Morgan fingerprint density at radius 1 is 0.769 bits per heavy atom. The van der Waals surface area contributed by atoms with Gasteiger partial charge in [0.05, 0.1) is 0 Å². The summed E-state index contributed by atoms with van der Waals surface area (Å²) >= 11 is 0. The van der Waals surface area contributed by atoms with Gasteiger partial charge in [-0.2, -0.15) is 0 Å². The fourth-order valence-corrected chi connectivity index (χ4v) is 2.83. The number of nitrogens with zero attached hydrogens (tertiary/aromatic N) is 2. The van der Waals surface area contributed by atoms with Crippen LogP contribution in [0.2, 0.25) is 0 Å². The third-order valence-electron chi connectivity index (χ3n) is 1.33. The predicted molar refractivity (Wildman–Crippen MR) is 68.8 cm³/mol. The largest absolute Gasteiger partial charge is 0.309 e. The van der Waals surface area contributed by atoms with Crippen LogP contribution in [0.3, 0.4) is 0 Å². The van der Waals surface area contributed by atoms with Crippen LogP contribution >= 0.6 is 21.6 Å². The molecule has 0 aliphatic carbocycles. The second-order valence-electron chi connectivity index (χ2n) is 3.25. The summed E-state index contributed by atoms with van der Waals surface area (Å²) in [6.07, 6.45) is 0. The first-order valence-corrected chi connectivity index (χ1v) is 6.65. The van der Waals surface area contributed by atoms with Gasteiger partial charge in [-0.15, -0.1) is 0 Å². The van der Waals surface area contributed by atoms with E-state index in [4.69, 9.17) is 0 Å². The molecule has 82 valence electrons. The van der Waals surface area contributed by atoms with E-state index >= 15 is 0 Å². The molecule has 0 amide bonds. The second-order valence-corrected chi connectivity index (χ2v) is 5.95. The van der Waals surface area contributed by atoms with Crippen LogP contribution in [0, 0.1) is 0 Å². The zero-order valence-electron chi connectivity index (χ0n) is 8.54. The van der Waals surface area contributed by atoms with Crippen molar-refractivity contribution in [1.82, 2.24) is 9.80 Å². The molecule has 0 aromatic heterocycles. The Morgan fingerprint density at radius 2 is 1.08 bits per heavy atom. The summed E-state index contributed by atoms with van der Waals surface area (Å²) in [5.41, 5.74) is 0. The Labute approximate surface area is 91.8 Å². The number of rotatable bonds is 7. The van der Waals surface area contributed by atoms with Crippen molar-refractivity contribution in [1.29, 1.82) is 0 Å². The summed E-state index contributed by atoms with van der Waals surface area (Å²) in [7, 11) is 12.4. The summed E-state index contributed by atoms with van der Waals surface area (Å²) in [5.74, 6) is 2.45. The van der Waals surface area contributed by atoms with Gasteiger partial charge in [0.25, 0.3) is 0 Å². The monoisotopic (exact) mass is 224 g/mol. The van der Waals surface area contributed by atoms with E-state index in [2.05, 4.69) is 38.0 Å². The van der Waals surface area contributed by atoms with E-state index in [-0.39, 0.29) is 7.43 Å². The quantitative estimate of drug-likeness (QED) is 0.482. The highest BCUT2D eigenvalue weighted by Gasteiger charge is 1.93. The molecule has 0 saturated carbocycles. The zero-order valence-corrected chi connectivity index (χ0v) is 10.2. The van der Waals surface area contributed by atoms with Gasteiger partial charge in [-0.1, -0.05) is 29.0 Å². The Hall–Kier alpha value is 0.620. The highest BCUT2D eigenvalue weighted by molar-refractivity contribution is 8.76. The molecule has 0 aromatic rings. The first-order chi connectivity index (χ1) is 5.63. The van der Waals surface area contributed by atoms with Gasteiger partial charge in [0.15, 0.2) is 0 Å². The summed E-state index contributed by atoms with van der Waals surface area (Å²) in [4.78, 5) is 4.44. The van der Waals surface area contributed by atoms with E-state index in [0.29, 0.717) is 0 Å². The molecule has 0 N–H and O–H groups in total. The maximum absolute atomic E-state index is 2.22. The van der Waals surface area contributed by atoms with Gasteiger partial charge in [0, 0.05) is 24.6 Å². The third-order valence-corrected chi connectivity index (χ3v) is 3.69. The summed E-state index contributed by atoms with van der Waals surface area (Å²) < 4.78 is 0. The van der Waals surface area contributed by atoms with Crippen LogP contribution < -0.4 is 0 Å². The Balaban J connectivity index is 0. The fraction of sp³-hybridized carbons (Fsp3) is 1.00. The predicted octanol–water partition coefficient (Wildman–Crippen LogP) is 2.13. The van der Waals surface area contributed by atoms with E-state index in [1.54, 1.807) is 0 Å². The SMILES string of the molecule is C.CN(C)CCSSCCN(C)C. The highest BCUT2D eigenvalue weighted by Crippen LogP contribution is 2.20. The van der Waals surface area contributed by atoms with Crippen molar-refractivity contribution in [2.45, 2.75) is 7.43 Å². The van der Waals surface area contributed by atoms with Gasteiger partial charge in [0.1, 0.15) is 0 Å². The average molecular weight is 224 g/mol. The standard InChI is InChI=1S/C8H20N2S2.CH4/c1-9(2)5-7-11-12-8-6-10(3)4;/h5-8H2,1-4H3;1H4. The van der Waals surface area contributed by atoms with Crippen LogP contribution in [-0.2, 0) is 0 Å². The molecule has 0 atom stereocenters. The molecule has 0 spiro atoms. The third kappa shape index (κ3) is 15.4. The number of hydrogen-bond donors (Lipinski definition) is 0. The molecule has 0 aromatic carbocycles. The van der Waals surface area contributed by atoms with Crippen LogP contribution in [0.15, 0.2) is 0 Å². The minimum absolute atomic E-state index is 0. The average Bonchev–Trinajstić information content (AvgIpc) is 1.95. The molecule has 0 fully saturated rings. The summed E-state index contributed by atoms with van der Waals surface area (Å²) in [6.45, 7) is 2.36. The molecule has 0 bridgehead atoms. The normalized spacial score (nSPS) is 10.6. The molecule has 4 heteroatoms. The van der Waals surface area contributed by atoms with Gasteiger partial charge < -0.3 is 9.80 Å². The first kappa shape index (κ1) is 16.1. The highest BCUT2D eigenvalue weighted by atomic mass is 33.1. The maximum Gasteiger partial charge on any atom is 0.0165 e. The fourth-order valence-electron chi connectivity index (χ4n) is 0.558. The molecule has 0 saturated heterocycles. The molecule has 0 unspecified atom stereocenters. The molecule has 0 rings (SSSR count). The molecule has 0 heterocycles. The smallest absolute Gasteiger partial charge is 0.0165 e. The van der Waals surface area contributed by atoms with Crippen molar-refractivity contribution in [3.05, 3.63) is 0 Å². The molecular formula is C9H24N2S2. The second kappa shape index (κ2) is 10.7. The molecular weight excluding hydrogens is 200 g/mol. The lowest BCUT2D eigenvalue weighted by Gasteiger charge is -2.10. The maximum atomic E-state index is 2.22. The van der Waals surface area contributed by atoms with E-state index in [0.717, 1.165) is 0 Å². The molecule has 2 nitrogen and oxygen atoms in total. The lowest BCUT2D eigenvalue weighted by Crippen LogP contribution is -2.15. The van der Waals surface area contributed by atoms with Crippen LogP contribution in [0.4, 0.5) is 0 Å². The summed E-state index contributed by atoms with van der Waals surface area (Å²) in [5, 5.41) is 0. The van der Waals surface area contributed by atoms with Crippen molar-refractivity contribution in [3.8, 4) is 0 Å². The van der Waals surface area contributed by atoms with Crippen LogP contribution in [-0.4, -0.2) is 62.6 Å². The van der Waals surface area contributed by atoms with Crippen molar-refractivity contribution >= 4 is 21.6 Å². The van der Waals surface area contributed by atoms with E-state index in [1.165, 1.54) is 24.6 Å².